The highest BCUT2D eigenvalue weighted by atomic mass is 16.2. The summed E-state index contributed by atoms with van der Waals surface area (Å²) >= 11 is 0. The summed E-state index contributed by atoms with van der Waals surface area (Å²) in [5, 5.41) is 2.81. The van der Waals surface area contributed by atoms with Gasteiger partial charge in [0.25, 0.3) is 0 Å². The standard InChI is InChI=1S/C25H31N3O2/c1-19(29)27-18-22-17-20(12-15-26-22)23-11-8-16-28(23)24(30)25(13-6-3-7-14-25)21-9-4-2-5-10-21/h2,4-5,9-10,12,15,17,23H,3,6-8,11,13-14,16,18H2,1H3,(H,27,29)/t23-/m1/s1. The molecule has 1 aromatic carbocycles. The molecular formula is C25H31N3O2. The SMILES string of the molecule is CC(=O)NCc1cc([C@H]2CCCN2C(=O)C2(c3ccccc3)CCCCC2)ccn1. The van der Waals surface area contributed by atoms with Crippen LogP contribution in [-0.2, 0) is 21.5 Å². The molecule has 1 aromatic heterocycles. The molecule has 2 aromatic rings. The Balaban J connectivity index is 1.61. The van der Waals surface area contributed by atoms with Crippen molar-refractivity contribution in [1.29, 1.82) is 0 Å². The summed E-state index contributed by atoms with van der Waals surface area (Å²) in [4.78, 5) is 31.8. The highest BCUT2D eigenvalue weighted by Gasteiger charge is 2.46. The second kappa shape index (κ2) is 8.99. The lowest BCUT2D eigenvalue weighted by molar-refractivity contribution is -0.140. The normalized spacial score (nSPS) is 20.7. The van der Waals surface area contributed by atoms with Crippen LogP contribution in [-0.4, -0.2) is 28.2 Å². The number of aromatic nitrogens is 1. The molecule has 30 heavy (non-hydrogen) atoms. The Morgan fingerprint density at radius 2 is 1.87 bits per heavy atom. The average molecular weight is 406 g/mol. The lowest BCUT2D eigenvalue weighted by Crippen LogP contribution is -2.47. The fourth-order valence-electron chi connectivity index (χ4n) is 5.19. The lowest BCUT2D eigenvalue weighted by Gasteiger charge is -2.41. The zero-order valence-corrected chi connectivity index (χ0v) is 17.8. The highest BCUT2D eigenvalue weighted by Crippen LogP contribution is 2.44. The first-order chi connectivity index (χ1) is 14.6. The Bertz CT molecular complexity index is 890. The predicted octanol–water partition coefficient (Wildman–Crippen LogP) is 4.28. The predicted molar refractivity (Wildman–Crippen MR) is 117 cm³/mol. The summed E-state index contributed by atoms with van der Waals surface area (Å²) in [5.41, 5.74) is 2.72. The number of carbonyl (C=O) groups is 2. The zero-order valence-electron chi connectivity index (χ0n) is 17.8. The fraction of sp³-hybridized carbons (Fsp3) is 0.480. The van der Waals surface area contributed by atoms with Gasteiger partial charge in [0.2, 0.25) is 11.8 Å². The summed E-state index contributed by atoms with van der Waals surface area (Å²) in [6, 6.07) is 14.5. The summed E-state index contributed by atoms with van der Waals surface area (Å²) in [6.45, 7) is 2.73. The molecule has 1 N–H and O–H groups in total. The Morgan fingerprint density at radius 3 is 2.60 bits per heavy atom. The summed E-state index contributed by atoms with van der Waals surface area (Å²) in [6.07, 6.45) is 9.07. The van der Waals surface area contributed by atoms with Gasteiger partial charge >= 0.3 is 0 Å². The molecule has 1 aliphatic carbocycles. The van der Waals surface area contributed by atoms with Gasteiger partial charge in [-0.2, -0.15) is 0 Å². The van der Waals surface area contributed by atoms with Crippen molar-refractivity contribution in [3.05, 3.63) is 65.5 Å². The van der Waals surface area contributed by atoms with Crippen LogP contribution in [0.4, 0.5) is 0 Å². The van der Waals surface area contributed by atoms with Gasteiger partial charge in [0, 0.05) is 19.7 Å². The van der Waals surface area contributed by atoms with Crippen LogP contribution in [0.25, 0.3) is 0 Å². The van der Waals surface area contributed by atoms with E-state index < -0.39 is 5.41 Å². The van der Waals surface area contributed by atoms with E-state index in [4.69, 9.17) is 0 Å². The summed E-state index contributed by atoms with van der Waals surface area (Å²) < 4.78 is 0. The van der Waals surface area contributed by atoms with Gasteiger partial charge in [-0.3, -0.25) is 14.6 Å². The molecule has 2 heterocycles. The van der Waals surface area contributed by atoms with Crippen molar-refractivity contribution in [1.82, 2.24) is 15.2 Å². The molecule has 2 fully saturated rings. The molecule has 1 saturated carbocycles. The number of amides is 2. The van der Waals surface area contributed by atoms with E-state index in [0.29, 0.717) is 6.54 Å². The summed E-state index contributed by atoms with van der Waals surface area (Å²) in [5.74, 6) is 0.220. The number of rotatable bonds is 5. The van der Waals surface area contributed by atoms with Gasteiger partial charge in [0.15, 0.2) is 0 Å². The van der Waals surface area contributed by atoms with E-state index in [1.54, 1.807) is 6.20 Å². The van der Waals surface area contributed by atoms with Crippen molar-refractivity contribution >= 4 is 11.8 Å². The van der Waals surface area contributed by atoms with E-state index in [-0.39, 0.29) is 17.9 Å². The summed E-state index contributed by atoms with van der Waals surface area (Å²) in [7, 11) is 0. The number of benzene rings is 1. The second-order valence-corrected chi connectivity index (χ2v) is 8.66. The molecule has 4 rings (SSSR count). The van der Waals surface area contributed by atoms with Crippen molar-refractivity contribution < 1.29 is 9.59 Å². The third kappa shape index (κ3) is 4.11. The first kappa shape index (κ1) is 20.6. The molecule has 0 radical (unpaired) electrons. The maximum Gasteiger partial charge on any atom is 0.233 e. The Kier molecular flexibility index (Phi) is 6.16. The molecular weight excluding hydrogens is 374 g/mol. The van der Waals surface area contributed by atoms with E-state index >= 15 is 0 Å². The largest absolute Gasteiger partial charge is 0.351 e. The van der Waals surface area contributed by atoms with E-state index in [0.717, 1.165) is 56.3 Å². The fourth-order valence-corrected chi connectivity index (χ4v) is 5.19. The van der Waals surface area contributed by atoms with E-state index in [2.05, 4.69) is 39.5 Å². The molecule has 1 atom stereocenters. The Morgan fingerprint density at radius 1 is 1.10 bits per heavy atom. The van der Waals surface area contributed by atoms with Crippen LogP contribution in [0.15, 0.2) is 48.7 Å². The van der Waals surface area contributed by atoms with Crippen molar-refractivity contribution in [3.8, 4) is 0 Å². The average Bonchev–Trinajstić information content (AvgIpc) is 3.28. The van der Waals surface area contributed by atoms with Crippen molar-refractivity contribution in [2.24, 2.45) is 0 Å². The zero-order chi connectivity index (χ0) is 21.0. The van der Waals surface area contributed by atoms with Crippen LogP contribution in [0.5, 0.6) is 0 Å². The number of nitrogens with zero attached hydrogens (tertiary/aromatic N) is 2. The minimum atomic E-state index is -0.395. The van der Waals surface area contributed by atoms with Gasteiger partial charge < -0.3 is 10.2 Å². The number of hydrogen-bond donors (Lipinski definition) is 1. The molecule has 1 aliphatic heterocycles. The molecule has 0 unspecified atom stereocenters. The quantitative estimate of drug-likeness (QED) is 0.807. The van der Waals surface area contributed by atoms with Crippen LogP contribution in [0, 0.1) is 0 Å². The monoisotopic (exact) mass is 405 g/mol. The molecule has 5 heteroatoms. The molecule has 5 nitrogen and oxygen atoms in total. The molecule has 2 aliphatic rings. The van der Waals surface area contributed by atoms with Gasteiger partial charge in [-0.15, -0.1) is 0 Å². The van der Waals surface area contributed by atoms with Crippen LogP contribution in [0.1, 0.15) is 74.7 Å². The maximum absolute atomic E-state index is 14.1. The number of hydrogen-bond acceptors (Lipinski definition) is 3. The smallest absolute Gasteiger partial charge is 0.233 e. The Labute approximate surface area is 178 Å². The van der Waals surface area contributed by atoms with Gasteiger partial charge in [-0.25, -0.2) is 0 Å². The molecule has 0 bridgehead atoms. The number of likely N-dealkylation sites (tertiary alicyclic amines) is 1. The van der Waals surface area contributed by atoms with Crippen LogP contribution in [0.2, 0.25) is 0 Å². The van der Waals surface area contributed by atoms with Gasteiger partial charge in [-0.05, 0) is 48.9 Å². The first-order valence-electron chi connectivity index (χ1n) is 11.2. The molecule has 1 saturated heterocycles. The maximum atomic E-state index is 14.1. The van der Waals surface area contributed by atoms with Gasteiger partial charge in [0.1, 0.15) is 0 Å². The van der Waals surface area contributed by atoms with Crippen LogP contribution in [0.3, 0.4) is 0 Å². The molecule has 0 spiro atoms. The minimum absolute atomic E-state index is 0.0676. The van der Waals surface area contributed by atoms with Crippen molar-refractivity contribution in [2.45, 2.75) is 69.9 Å². The van der Waals surface area contributed by atoms with Gasteiger partial charge in [-0.1, -0.05) is 49.6 Å². The third-order valence-electron chi connectivity index (χ3n) is 6.70. The third-order valence-corrected chi connectivity index (χ3v) is 6.70. The van der Waals surface area contributed by atoms with E-state index in [1.165, 1.54) is 18.9 Å². The highest BCUT2D eigenvalue weighted by molar-refractivity contribution is 5.89. The second-order valence-electron chi connectivity index (χ2n) is 8.66. The number of nitrogens with one attached hydrogen (secondary N) is 1. The number of pyridine rings is 1. The van der Waals surface area contributed by atoms with E-state index in [1.807, 2.05) is 18.2 Å². The molecule has 2 amide bonds. The van der Waals surface area contributed by atoms with Crippen molar-refractivity contribution in [2.75, 3.05) is 6.54 Å². The Hall–Kier alpha value is -2.69. The topological polar surface area (TPSA) is 62.3 Å². The van der Waals surface area contributed by atoms with Gasteiger partial charge in [0.05, 0.1) is 23.7 Å². The first-order valence-corrected chi connectivity index (χ1v) is 11.2. The van der Waals surface area contributed by atoms with Crippen LogP contribution < -0.4 is 5.32 Å². The number of carbonyl (C=O) groups excluding carboxylic acids is 2. The minimum Gasteiger partial charge on any atom is -0.351 e. The lowest BCUT2D eigenvalue weighted by atomic mass is 9.68. The van der Waals surface area contributed by atoms with Crippen LogP contribution >= 0.6 is 0 Å². The van der Waals surface area contributed by atoms with Crippen molar-refractivity contribution in [3.63, 3.8) is 0 Å². The van der Waals surface area contributed by atoms with E-state index in [9.17, 15) is 9.59 Å². The molecule has 158 valence electrons.